The fraction of sp³-hybridized carbons (Fsp3) is 0.176. The molecule has 0 fully saturated rings. The molecular formula is C17H15Cl2N3O. The second kappa shape index (κ2) is 6.22. The highest BCUT2D eigenvalue weighted by Crippen LogP contribution is 2.26. The number of carbonyl (C=O) groups is 1. The number of rotatable bonds is 3. The number of hydrogen-bond acceptors (Lipinski definition) is 2. The number of aryl methyl sites for hydroxylation is 2. The number of imidazole rings is 1. The fourth-order valence-electron chi connectivity index (χ4n) is 2.47. The van der Waals surface area contributed by atoms with Crippen LogP contribution in [0.1, 0.15) is 28.7 Å². The molecule has 23 heavy (non-hydrogen) atoms. The molecule has 0 spiro atoms. The number of carbonyl (C=O) groups excluding carboxylic acids is 1. The molecule has 0 aliphatic heterocycles. The van der Waals surface area contributed by atoms with Crippen molar-refractivity contribution in [2.75, 3.05) is 5.32 Å². The van der Waals surface area contributed by atoms with Crippen molar-refractivity contribution in [3.8, 4) is 0 Å². The Morgan fingerprint density at radius 2 is 2.04 bits per heavy atom. The number of halogens is 2. The second-order valence-corrected chi connectivity index (χ2v) is 6.07. The lowest BCUT2D eigenvalue weighted by molar-refractivity contribution is 0.102. The molecule has 2 heterocycles. The Balaban J connectivity index is 1.94. The van der Waals surface area contributed by atoms with Crippen molar-refractivity contribution < 1.29 is 4.79 Å². The van der Waals surface area contributed by atoms with Gasteiger partial charge in [0.1, 0.15) is 5.65 Å². The average molecular weight is 348 g/mol. The first-order valence-corrected chi connectivity index (χ1v) is 7.99. The van der Waals surface area contributed by atoms with E-state index in [0.717, 1.165) is 23.5 Å². The Hall–Kier alpha value is -2.04. The fourth-order valence-corrected chi connectivity index (χ4v) is 2.80. The van der Waals surface area contributed by atoms with Crippen LogP contribution in [-0.2, 0) is 6.42 Å². The summed E-state index contributed by atoms with van der Waals surface area (Å²) in [5, 5.41) is 3.74. The number of nitrogens with one attached hydrogen (secondary N) is 1. The normalized spacial score (nSPS) is 11.0. The van der Waals surface area contributed by atoms with Crippen molar-refractivity contribution in [2.24, 2.45) is 0 Å². The van der Waals surface area contributed by atoms with E-state index >= 15 is 0 Å². The van der Waals surface area contributed by atoms with Gasteiger partial charge < -0.3 is 9.72 Å². The van der Waals surface area contributed by atoms with Crippen LogP contribution in [-0.4, -0.2) is 15.3 Å². The molecule has 1 amide bonds. The van der Waals surface area contributed by atoms with Crippen LogP contribution in [0.3, 0.4) is 0 Å². The predicted molar refractivity (Wildman–Crippen MR) is 93.7 cm³/mol. The minimum absolute atomic E-state index is 0.248. The monoisotopic (exact) mass is 347 g/mol. The van der Waals surface area contributed by atoms with Crippen LogP contribution in [0.2, 0.25) is 10.0 Å². The number of fused-ring (bicyclic) bond motifs is 1. The van der Waals surface area contributed by atoms with E-state index in [2.05, 4.69) is 17.2 Å². The first kappa shape index (κ1) is 15.8. The molecule has 3 aromatic rings. The van der Waals surface area contributed by atoms with Crippen molar-refractivity contribution in [3.63, 3.8) is 0 Å². The van der Waals surface area contributed by atoms with E-state index in [1.165, 1.54) is 0 Å². The van der Waals surface area contributed by atoms with Gasteiger partial charge in [-0.1, -0.05) is 30.1 Å². The predicted octanol–water partition coefficient (Wildman–Crippen LogP) is 4.76. The van der Waals surface area contributed by atoms with Crippen LogP contribution >= 0.6 is 23.2 Å². The van der Waals surface area contributed by atoms with Crippen LogP contribution in [0.5, 0.6) is 0 Å². The maximum absolute atomic E-state index is 12.5. The molecule has 0 aliphatic carbocycles. The molecule has 0 radical (unpaired) electrons. The summed E-state index contributed by atoms with van der Waals surface area (Å²) < 4.78 is 1.92. The zero-order valence-corrected chi connectivity index (χ0v) is 14.2. The minimum Gasteiger partial charge on any atom is -0.321 e. The van der Waals surface area contributed by atoms with Crippen molar-refractivity contribution >= 4 is 40.4 Å². The van der Waals surface area contributed by atoms with Gasteiger partial charge in [0.05, 0.1) is 22.0 Å². The Morgan fingerprint density at radius 3 is 2.78 bits per heavy atom. The summed E-state index contributed by atoms with van der Waals surface area (Å²) in [4.78, 5) is 17.0. The van der Waals surface area contributed by atoms with E-state index in [1.807, 2.05) is 17.4 Å². The summed E-state index contributed by atoms with van der Waals surface area (Å²) in [5.74, 6) is -0.248. The van der Waals surface area contributed by atoms with Gasteiger partial charge in [-0.05, 0) is 43.7 Å². The van der Waals surface area contributed by atoms with Crippen molar-refractivity contribution in [1.29, 1.82) is 0 Å². The van der Waals surface area contributed by atoms with Gasteiger partial charge in [-0.25, -0.2) is 4.98 Å². The summed E-state index contributed by atoms with van der Waals surface area (Å²) in [7, 11) is 0. The van der Waals surface area contributed by atoms with Gasteiger partial charge in [0.2, 0.25) is 0 Å². The zero-order chi connectivity index (χ0) is 16.6. The number of amides is 1. The molecule has 6 heteroatoms. The lowest BCUT2D eigenvalue weighted by Gasteiger charge is -2.08. The average Bonchev–Trinajstić information content (AvgIpc) is 2.86. The SMILES string of the molecule is CCc1nc2ccc(C(=O)Nc3cc(Cl)ccc3Cl)cn2c1C. The standard InChI is InChI=1S/C17H15Cl2N3O/c1-3-14-10(2)22-9-11(4-7-16(22)20-14)17(23)21-15-8-12(18)5-6-13(15)19/h4-9H,3H2,1-2H3,(H,21,23). The number of hydrogen-bond donors (Lipinski definition) is 1. The molecule has 3 rings (SSSR count). The van der Waals surface area contributed by atoms with E-state index in [1.54, 1.807) is 30.5 Å². The van der Waals surface area contributed by atoms with Crippen LogP contribution in [0.15, 0.2) is 36.5 Å². The van der Waals surface area contributed by atoms with E-state index in [0.29, 0.717) is 21.3 Å². The van der Waals surface area contributed by atoms with Crippen LogP contribution in [0.25, 0.3) is 5.65 Å². The molecule has 1 aromatic carbocycles. The maximum Gasteiger partial charge on any atom is 0.257 e. The number of benzene rings is 1. The first-order chi connectivity index (χ1) is 11.0. The number of nitrogens with zero attached hydrogens (tertiary/aromatic N) is 2. The third kappa shape index (κ3) is 3.05. The zero-order valence-electron chi connectivity index (χ0n) is 12.7. The molecular weight excluding hydrogens is 333 g/mol. The van der Waals surface area contributed by atoms with E-state index in [9.17, 15) is 4.79 Å². The highest BCUT2D eigenvalue weighted by molar-refractivity contribution is 6.35. The van der Waals surface area contributed by atoms with E-state index in [4.69, 9.17) is 23.2 Å². The molecule has 0 saturated carbocycles. The molecule has 0 atom stereocenters. The lowest BCUT2D eigenvalue weighted by atomic mass is 10.2. The van der Waals surface area contributed by atoms with Gasteiger partial charge in [0, 0.05) is 16.9 Å². The Kier molecular flexibility index (Phi) is 4.28. The molecule has 4 nitrogen and oxygen atoms in total. The topological polar surface area (TPSA) is 46.4 Å². The Labute approximate surface area is 144 Å². The summed E-state index contributed by atoms with van der Waals surface area (Å²) in [6.07, 6.45) is 2.64. The molecule has 2 aromatic heterocycles. The van der Waals surface area contributed by atoms with Gasteiger partial charge in [-0.2, -0.15) is 0 Å². The van der Waals surface area contributed by atoms with E-state index in [-0.39, 0.29) is 5.91 Å². The van der Waals surface area contributed by atoms with Gasteiger partial charge in [-0.15, -0.1) is 0 Å². The van der Waals surface area contributed by atoms with Gasteiger partial charge in [-0.3, -0.25) is 4.79 Å². The van der Waals surface area contributed by atoms with Crippen molar-refractivity contribution in [1.82, 2.24) is 9.38 Å². The third-order valence-corrected chi connectivity index (χ3v) is 4.29. The molecule has 118 valence electrons. The smallest absolute Gasteiger partial charge is 0.257 e. The molecule has 0 unspecified atom stereocenters. The molecule has 1 N–H and O–H groups in total. The van der Waals surface area contributed by atoms with Gasteiger partial charge in [0.25, 0.3) is 5.91 Å². The molecule has 0 bridgehead atoms. The Morgan fingerprint density at radius 1 is 1.26 bits per heavy atom. The largest absolute Gasteiger partial charge is 0.321 e. The van der Waals surface area contributed by atoms with Crippen LogP contribution in [0, 0.1) is 6.92 Å². The van der Waals surface area contributed by atoms with Crippen LogP contribution in [0.4, 0.5) is 5.69 Å². The Bertz CT molecular complexity index is 902. The quantitative estimate of drug-likeness (QED) is 0.741. The summed E-state index contributed by atoms with van der Waals surface area (Å²) in [6.45, 7) is 4.05. The van der Waals surface area contributed by atoms with Gasteiger partial charge in [0.15, 0.2) is 0 Å². The highest BCUT2D eigenvalue weighted by Gasteiger charge is 2.12. The highest BCUT2D eigenvalue weighted by atomic mass is 35.5. The van der Waals surface area contributed by atoms with Crippen LogP contribution < -0.4 is 5.32 Å². The number of aromatic nitrogens is 2. The lowest BCUT2D eigenvalue weighted by Crippen LogP contribution is -2.13. The summed E-state index contributed by atoms with van der Waals surface area (Å²) in [5.41, 5.74) is 3.91. The second-order valence-electron chi connectivity index (χ2n) is 5.22. The number of pyridine rings is 1. The molecule has 0 aliphatic rings. The van der Waals surface area contributed by atoms with E-state index < -0.39 is 0 Å². The number of anilines is 1. The first-order valence-electron chi connectivity index (χ1n) is 7.23. The molecule has 0 saturated heterocycles. The van der Waals surface area contributed by atoms with Gasteiger partial charge >= 0.3 is 0 Å². The maximum atomic E-state index is 12.5. The van der Waals surface area contributed by atoms with Crippen molar-refractivity contribution in [3.05, 3.63) is 63.5 Å². The minimum atomic E-state index is -0.248. The third-order valence-electron chi connectivity index (χ3n) is 3.73. The summed E-state index contributed by atoms with van der Waals surface area (Å²) >= 11 is 12.0. The summed E-state index contributed by atoms with van der Waals surface area (Å²) in [6, 6.07) is 8.52. The van der Waals surface area contributed by atoms with Crippen molar-refractivity contribution in [2.45, 2.75) is 20.3 Å².